The van der Waals surface area contributed by atoms with Crippen molar-refractivity contribution in [1.29, 1.82) is 0 Å². The van der Waals surface area contributed by atoms with Crippen molar-refractivity contribution in [3.8, 4) is 0 Å². The summed E-state index contributed by atoms with van der Waals surface area (Å²) >= 11 is 0. The van der Waals surface area contributed by atoms with Gasteiger partial charge in [-0.3, -0.25) is 0 Å². The van der Waals surface area contributed by atoms with E-state index in [9.17, 15) is 25.6 Å². The molecule has 0 saturated heterocycles. The molecule has 0 spiro atoms. The monoisotopic (exact) mass is 330 g/mol. The molecule has 0 radical (unpaired) electrons. The number of sulfonamides is 2. The van der Waals surface area contributed by atoms with Crippen LogP contribution in [-0.4, -0.2) is 41.0 Å². The summed E-state index contributed by atoms with van der Waals surface area (Å²) < 4.78 is 72.7. The Bertz CT molecular complexity index is 688. The summed E-state index contributed by atoms with van der Waals surface area (Å²) in [6, 6.07) is 3.94. The quantitative estimate of drug-likeness (QED) is 0.632. The summed E-state index contributed by atoms with van der Waals surface area (Å²) in [5.41, 5.74) is 0. The maximum Gasteiger partial charge on any atom is 0.283 e. The van der Waals surface area contributed by atoms with Gasteiger partial charge in [0.1, 0.15) is 6.61 Å². The Balaban J connectivity index is 3.05. The lowest BCUT2D eigenvalue weighted by molar-refractivity contribution is -0.0437. The highest BCUT2D eigenvalue weighted by Gasteiger charge is 2.30. The lowest BCUT2D eigenvalue weighted by atomic mass is 10.4. The van der Waals surface area contributed by atoms with Crippen LogP contribution in [0.25, 0.3) is 0 Å². The standard InChI is InChI=1S/C9H12F2N2O5S2/c10-9(11,6-14)5-13-20(17,18)8-3-1-2-7(4-8)19(12,15)16/h1-4,13-14H,5-6H2,(H2,12,15,16). The van der Waals surface area contributed by atoms with E-state index in [2.05, 4.69) is 0 Å². The predicted octanol–water partition coefficient (Wildman–Crippen LogP) is -0.760. The molecule has 0 bridgehead atoms. The molecule has 4 N–H and O–H groups in total. The predicted molar refractivity (Wildman–Crippen MR) is 65.0 cm³/mol. The molecule has 1 aromatic carbocycles. The highest BCUT2D eigenvalue weighted by Crippen LogP contribution is 2.16. The lowest BCUT2D eigenvalue weighted by Crippen LogP contribution is -2.39. The van der Waals surface area contributed by atoms with E-state index in [0.29, 0.717) is 0 Å². The molecule has 1 rings (SSSR count). The first-order valence-electron chi connectivity index (χ1n) is 5.09. The minimum atomic E-state index is -4.35. The van der Waals surface area contributed by atoms with Crippen LogP contribution >= 0.6 is 0 Å². The van der Waals surface area contributed by atoms with E-state index in [1.54, 1.807) is 4.72 Å². The molecule has 0 aliphatic carbocycles. The molecule has 114 valence electrons. The van der Waals surface area contributed by atoms with Gasteiger partial charge in [-0.15, -0.1) is 0 Å². The Morgan fingerprint density at radius 1 is 1.20 bits per heavy atom. The van der Waals surface area contributed by atoms with E-state index in [4.69, 9.17) is 10.2 Å². The minimum Gasteiger partial charge on any atom is -0.390 e. The highest BCUT2D eigenvalue weighted by molar-refractivity contribution is 7.90. The molecule has 0 saturated carbocycles. The summed E-state index contributed by atoms with van der Waals surface area (Å²) in [4.78, 5) is -0.993. The van der Waals surface area contributed by atoms with Crippen molar-refractivity contribution in [2.24, 2.45) is 5.14 Å². The van der Waals surface area contributed by atoms with Gasteiger partial charge >= 0.3 is 0 Å². The molecule has 11 heteroatoms. The van der Waals surface area contributed by atoms with Gasteiger partial charge in [0.2, 0.25) is 20.0 Å². The van der Waals surface area contributed by atoms with Crippen LogP contribution in [0.2, 0.25) is 0 Å². The average molecular weight is 330 g/mol. The largest absolute Gasteiger partial charge is 0.390 e. The zero-order valence-corrected chi connectivity index (χ0v) is 11.6. The van der Waals surface area contributed by atoms with Crippen LogP contribution in [0, 0.1) is 0 Å². The van der Waals surface area contributed by atoms with Gasteiger partial charge in [-0.05, 0) is 18.2 Å². The van der Waals surface area contributed by atoms with Crippen LogP contribution < -0.4 is 9.86 Å². The molecule has 0 aliphatic heterocycles. The van der Waals surface area contributed by atoms with Crippen molar-refractivity contribution < 1.29 is 30.7 Å². The Hall–Kier alpha value is -1.14. The van der Waals surface area contributed by atoms with Crippen molar-refractivity contribution in [3.05, 3.63) is 24.3 Å². The summed E-state index contributed by atoms with van der Waals surface area (Å²) in [5.74, 6) is -3.62. The molecule has 0 heterocycles. The van der Waals surface area contributed by atoms with Crippen molar-refractivity contribution in [2.45, 2.75) is 15.7 Å². The van der Waals surface area contributed by atoms with Gasteiger partial charge in [-0.1, -0.05) is 6.07 Å². The van der Waals surface area contributed by atoms with Gasteiger partial charge in [0.15, 0.2) is 0 Å². The van der Waals surface area contributed by atoms with Gasteiger partial charge < -0.3 is 5.11 Å². The summed E-state index contributed by atoms with van der Waals surface area (Å²) in [7, 11) is -8.46. The van der Waals surface area contributed by atoms with Gasteiger partial charge in [0.25, 0.3) is 5.92 Å². The number of primary sulfonamides is 1. The second-order valence-electron chi connectivity index (χ2n) is 3.86. The number of alkyl halides is 2. The number of rotatable bonds is 6. The molecule has 7 nitrogen and oxygen atoms in total. The molecule has 0 fully saturated rings. The van der Waals surface area contributed by atoms with Crippen LogP contribution in [0.15, 0.2) is 34.1 Å². The summed E-state index contributed by atoms with van der Waals surface area (Å²) in [6.45, 7) is -2.84. The molecular weight excluding hydrogens is 318 g/mol. The third-order valence-electron chi connectivity index (χ3n) is 2.20. The molecule has 0 amide bonds. The zero-order valence-electron chi connectivity index (χ0n) is 9.95. The van der Waals surface area contributed by atoms with Crippen molar-refractivity contribution in [1.82, 2.24) is 4.72 Å². The number of nitrogens with one attached hydrogen (secondary N) is 1. The Kier molecular flexibility index (Phi) is 4.82. The second kappa shape index (κ2) is 5.69. The van der Waals surface area contributed by atoms with Crippen molar-refractivity contribution >= 4 is 20.0 Å². The summed E-state index contributed by atoms with van der Waals surface area (Å²) in [5, 5.41) is 13.2. The maximum atomic E-state index is 12.8. The first kappa shape index (κ1) is 16.9. The van der Waals surface area contributed by atoms with E-state index >= 15 is 0 Å². The van der Waals surface area contributed by atoms with Gasteiger partial charge in [-0.2, -0.15) is 0 Å². The van der Waals surface area contributed by atoms with Crippen molar-refractivity contribution in [2.75, 3.05) is 13.2 Å². The number of aliphatic hydroxyl groups is 1. The van der Waals surface area contributed by atoms with Gasteiger partial charge in [0.05, 0.1) is 16.3 Å². The number of halogens is 2. The summed E-state index contributed by atoms with van der Waals surface area (Å²) in [6.07, 6.45) is 0. The van der Waals surface area contributed by atoms with E-state index in [0.717, 1.165) is 24.3 Å². The van der Waals surface area contributed by atoms with Gasteiger partial charge in [-0.25, -0.2) is 35.5 Å². The van der Waals surface area contributed by atoms with E-state index in [-0.39, 0.29) is 0 Å². The molecule has 20 heavy (non-hydrogen) atoms. The number of hydrogen-bond donors (Lipinski definition) is 3. The van der Waals surface area contributed by atoms with Crippen LogP contribution in [0.4, 0.5) is 8.78 Å². The minimum absolute atomic E-state index is 0.464. The average Bonchev–Trinajstić information content (AvgIpc) is 2.36. The Labute approximate surface area is 114 Å². The lowest BCUT2D eigenvalue weighted by Gasteiger charge is -2.14. The fourth-order valence-corrected chi connectivity index (χ4v) is 2.90. The molecule has 0 unspecified atom stereocenters. The van der Waals surface area contributed by atoms with Crippen LogP contribution in [-0.2, 0) is 20.0 Å². The van der Waals surface area contributed by atoms with Crippen LogP contribution in [0.1, 0.15) is 0 Å². The van der Waals surface area contributed by atoms with E-state index in [1.807, 2.05) is 0 Å². The number of hydrogen-bond acceptors (Lipinski definition) is 5. The van der Waals surface area contributed by atoms with E-state index in [1.165, 1.54) is 0 Å². The second-order valence-corrected chi connectivity index (χ2v) is 7.19. The first-order valence-corrected chi connectivity index (χ1v) is 8.12. The Morgan fingerprint density at radius 2 is 1.75 bits per heavy atom. The van der Waals surface area contributed by atoms with Crippen LogP contribution in [0.3, 0.4) is 0 Å². The van der Waals surface area contributed by atoms with Crippen molar-refractivity contribution in [3.63, 3.8) is 0 Å². The highest BCUT2D eigenvalue weighted by atomic mass is 32.2. The normalized spacial score (nSPS) is 13.4. The fraction of sp³-hybridized carbons (Fsp3) is 0.333. The molecular formula is C9H12F2N2O5S2. The third-order valence-corrected chi connectivity index (χ3v) is 4.51. The molecule has 0 aromatic heterocycles. The zero-order chi connectivity index (χ0) is 15.6. The number of nitrogens with two attached hydrogens (primary N) is 1. The SMILES string of the molecule is NS(=O)(=O)c1cccc(S(=O)(=O)NCC(F)(F)CO)c1. The Morgan fingerprint density at radius 3 is 2.25 bits per heavy atom. The molecule has 1 aromatic rings. The van der Waals surface area contributed by atoms with Crippen LogP contribution in [0.5, 0.6) is 0 Å². The van der Waals surface area contributed by atoms with E-state index < -0.39 is 48.9 Å². The maximum absolute atomic E-state index is 12.8. The smallest absolute Gasteiger partial charge is 0.283 e. The topological polar surface area (TPSA) is 127 Å². The van der Waals surface area contributed by atoms with Gasteiger partial charge in [0, 0.05) is 0 Å². The number of benzene rings is 1. The third kappa shape index (κ3) is 4.45. The molecule has 0 aliphatic rings. The fourth-order valence-electron chi connectivity index (χ4n) is 1.16. The first-order chi connectivity index (χ1) is 8.98. The molecule has 0 atom stereocenters. The number of aliphatic hydroxyl groups excluding tert-OH is 1.